The first kappa shape index (κ1) is 12.6. The quantitative estimate of drug-likeness (QED) is 0.896. The van der Waals surface area contributed by atoms with E-state index < -0.39 is 0 Å². The molecule has 0 unspecified atom stereocenters. The van der Waals surface area contributed by atoms with E-state index in [1.54, 1.807) is 12.1 Å². The van der Waals surface area contributed by atoms with Gasteiger partial charge in [0.15, 0.2) is 0 Å². The van der Waals surface area contributed by atoms with Crippen molar-refractivity contribution in [2.75, 3.05) is 11.9 Å². The van der Waals surface area contributed by atoms with Crippen molar-refractivity contribution in [1.82, 2.24) is 0 Å². The maximum Gasteiger partial charge on any atom is 0.123 e. The predicted molar refractivity (Wildman–Crippen MR) is 72.8 cm³/mol. The number of hydrogen-bond acceptors (Lipinski definition) is 2. The fraction of sp³-hybridized carbons (Fsp3) is 0.200. The van der Waals surface area contributed by atoms with Crippen LogP contribution in [0, 0.1) is 5.82 Å². The Morgan fingerprint density at radius 2 is 1.72 bits per heavy atom. The summed E-state index contributed by atoms with van der Waals surface area (Å²) in [5.41, 5.74) is 8.94. The topological polar surface area (TPSA) is 29.3 Å². The molecule has 0 aliphatic rings. The molecular weight excluding hydrogens is 227 g/mol. The van der Waals surface area contributed by atoms with Gasteiger partial charge in [-0.2, -0.15) is 0 Å². The number of rotatable bonds is 4. The molecule has 0 heterocycles. The third-order valence-corrected chi connectivity index (χ3v) is 2.91. The van der Waals surface area contributed by atoms with Crippen molar-refractivity contribution < 1.29 is 4.39 Å². The Morgan fingerprint density at radius 3 is 2.39 bits per heavy atom. The van der Waals surface area contributed by atoms with E-state index in [9.17, 15) is 4.39 Å². The summed E-state index contributed by atoms with van der Waals surface area (Å²) in [6, 6.07) is 14.7. The van der Waals surface area contributed by atoms with Crippen LogP contribution < -0.4 is 10.6 Å². The number of nitrogens with two attached hydrogens (primary N) is 1. The van der Waals surface area contributed by atoms with Crippen molar-refractivity contribution in [2.24, 2.45) is 5.73 Å². The van der Waals surface area contributed by atoms with Crippen molar-refractivity contribution in [1.29, 1.82) is 0 Å². The average molecular weight is 244 g/mol. The summed E-state index contributed by atoms with van der Waals surface area (Å²) < 4.78 is 12.8. The van der Waals surface area contributed by atoms with E-state index in [0.29, 0.717) is 6.54 Å². The van der Waals surface area contributed by atoms with Crippen molar-refractivity contribution in [3.63, 3.8) is 0 Å². The highest BCUT2D eigenvalue weighted by molar-refractivity contribution is 5.46. The SMILES string of the molecule is CN(Cc1cccc(CN)c1)c1ccc(F)cc1. The smallest absolute Gasteiger partial charge is 0.123 e. The van der Waals surface area contributed by atoms with Gasteiger partial charge in [0.2, 0.25) is 0 Å². The Bertz CT molecular complexity index is 508. The van der Waals surface area contributed by atoms with Gasteiger partial charge in [-0.15, -0.1) is 0 Å². The van der Waals surface area contributed by atoms with E-state index in [1.807, 2.05) is 19.2 Å². The second-order valence-corrected chi connectivity index (χ2v) is 4.36. The maximum absolute atomic E-state index is 12.8. The zero-order valence-electron chi connectivity index (χ0n) is 10.4. The lowest BCUT2D eigenvalue weighted by molar-refractivity contribution is 0.627. The highest BCUT2D eigenvalue weighted by Gasteiger charge is 2.03. The molecule has 2 nitrogen and oxygen atoms in total. The maximum atomic E-state index is 12.8. The molecule has 2 aromatic carbocycles. The highest BCUT2D eigenvalue weighted by atomic mass is 19.1. The summed E-state index contributed by atoms with van der Waals surface area (Å²) in [4.78, 5) is 2.08. The molecule has 94 valence electrons. The lowest BCUT2D eigenvalue weighted by Gasteiger charge is -2.19. The molecule has 0 fully saturated rings. The highest BCUT2D eigenvalue weighted by Crippen LogP contribution is 2.16. The molecular formula is C15H17FN2. The van der Waals surface area contributed by atoms with Gasteiger partial charge in [0.1, 0.15) is 5.82 Å². The molecule has 0 aliphatic heterocycles. The molecule has 0 amide bonds. The first-order valence-corrected chi connectivity index (χ1v) is 5.93. The number of benzene rings is 2. The second kappa shape index (κ2) is 5.65. The van der Waals surface area contributed by atoms with Crippen LogP contribution in [-0.2, 0) is 13.1 Å². The summed E-state index contributed by atoms with van der Waals surface area (Å²) in [6.07, 6.45) is 0. The van der Waals surface area contributed by atoms with Crippen molar-refractivity contribution in [3.05, 3.63) is 65.5 Å². The summed E-state index contributed by atoms with van der Waals surface area (Å²) in [6.45, 7) is 1.33. The minimum atomic E-state index is -0.211. The Kier molecular flexibility index (Phi) is 3.95. The Labute approximate surface area is 107 Å². The van der Waals surface area contributed by atoms with Gasteiger partial charge in [0.05, 0.1) is 0 Å². The number of hydrogen-bond donors (Lipinski definition) is 1. The summed E-state index contributed by atoms with van der Waals surface area (Å²) in [7, 11) is 1.99. The predicted octanol–water partition coefficient (Wildman–Crippen LogP) is 2.92. The largest absolute Gasteiger partial charge is 0.370 e. The van der Waals surface area contributed by atoms with Crippen LogP contribution in [0.2, 0.25) is 0 Å². The zero-order chi connectivity index (χ0) is 13.0. The molecule has 2 aromatic rings. The van der Waals surface area contributed by atoms with Gasteiger partial charge >= 0.3 is 0 Å². The molecule has 0 saturated carbocycles. The first-order valence-electron chi connectivity index (χ1n) is 5.93. The number of halogens is 1. The molecule has 2 rings (SSSR count). The summed E-state index contributed by atoms with van der Waals surface area (Å²) >= 11 is 0. The third kappa shape index (κ3) is 3.08. The Hall–Kier alpha value is -1.87. The lowest BCUT2D eigenvalue weighted by atomic mass is 10.1. The monoisotopic (exact) mass is 244 g/mol. The van der Waals surface area contributed by atoms with Gasteiger partial charge in [0, 0.05) is 25.8 Å². The molecule has 0 aromatic heterocycles. The van der Waals surface area contributed by atoms with Gasteiger partial charge in [-0.1, -0.05) is 24.3 Å². The molecule has 0 aliphatic carbocycles. The fourth-order valence-electron chi connectivity index (χ4n) is 1.92. The van der Waals surface area contributed by atoms with Crippen LogP contribution in [0.4, 0.5) is 10.1 Å². The Balaban J connectivity index is 2.10. The molecule has 0 atom stereocenters. The van der Waals surface area contributed by atoms with Crippen molar-refractivity contribution in [3.8, 4) is 0 Å². The van der Waals surface area contributed by atoms with Crippen LogP contribution in [0.15, 0.2) is 48.5 Å². The van der Waals surface area contributed by atoms with Crippen molar-refractivity contribution >= 4 is 5.69 Å². The third-order valence-electron chi connectivity index (χ3n) is 2.91. The molecule has 18 heavy (non-hydrogen) atoms. The standard InChI is InChI=1S/C15H17FN2/c1-18(15-7-5-14(16)6-8-15)11-13-4-2-3-12(9-13)10-17/h2-9H,10-11,17H2,1H3. The normalized spacial score (nSPS) is 10.4. The summed E-state index contributed by atoms with van der Waals surface area (Å²) in [5, 5.41) is 0. The zero-order valence-corrected chi connectivity index (χ0v) is 10.4. The van der Waals surface area contributed by atoms with Gasteiger partial charge in [-0.3, -0.25) is 0 Å². The van der Waals surface area contributed by atoms with Crippen LogP contribution in [-0.4, -0.2) is 7.05 Å². The van der Waals surface area contributed by atoms with Crippen LogP contribution in [0.25, 0.3) is 0 Å². The second-order valence-electron chi connectivity index (χ2n) is 4.36. The summed E-state index contributed by atoms with van der Waals surface area (Å²) in [5.74, 6) is -0.211. The fourth-order valence-corrected chi connectivity index (χ4v) is 1.92. The minimum Gasteiger partial charge on any atom is -0.370 e. The van der Waals surface area contributed by atoms with Crippen LogP contribution in [0.1, 0.15) is 11.1 Å². The van der Waals surface area contributed by atoms with Crippen LogP contribution in [0.5, 0.6) is 0 Å². The van der Waals surface area contributed by atoms with Crippen molar-refractivity contribution in [2.45, 2.75) is 13.1 Å². The van der Waals surface area contributed by atoms with E-state index in [1.165, 1.54) is 17.7 Å². The van der Waals surface area contributed by atoms with Gasteiger partial charge in [-0.25, -0.2) is 4.39 Å². The lowest BCUT2D eigenvalue weighted by Crippen LogP contribution is -2.16. The first-order chi connectivity index (χ1) is 8.69. The number of nitrogens with zero attached hydrogens (tertiary/aromatic N) is 1. The van der Waals surface area contributed by atoms with Crippen LogP contribution in [0.3, 0.4) is 0 Å². The van der Waals surface area contributed by atoms with E-state index in [-0.39, 0.29) is 5.82 Å². The molecule has 0 spiro atoms. The minimum absolute atomic E-state index is 0.211. The Morgan fingerprint density at radius 1 is 1.06 bits per heavy atom. The average Bonchev–Trinajstić information content (AvgIpc) is 2.39. The van der Waals surface area contributed by atoms with Gasteiger partial charge in [0.25, 0.3) is 0 Å². The van der Waals surface area contributed by atoms with E-state index in [0.717, 1.165) is 17.8 Å². The van der Waals surface area contributed by atoms with Gasteiger partial charge in [-0.05, 0) is 35.4 Å². The number of anilines is 1. The molecule has 3 heteroatoms. The molecule has 0 saturated heterocycles. The van der Waals surface area contributed by atoms with Gasteiger partial charge < -0.3 is 10.6 Å². The van der Waals surface area contributed by atoms with E-state index in [4.69, 9.17) is 5.73 Å². The molecule has 0 radical (unpaired) electrons. The molecule has 0 bridgehead atoms. The molecule has 2 N–H and O–H groups in total. The van der Waals surface area contributed by atoms with E-state index in [2.05, 4.69) is 17.0 Å². The van der Waals surface area contributed by atoms with Crippen LogP contribution >= 0.6 is 0 Å². The van der Waals surface area contributed by atoms with E-state index >= 15 is 0 Å².